The molecule has 0 saturated carbocycles. The van der Waals surface area contributed by atoms with Crippen molar-refractivity contribution in [2.24, 2.45) is 0 Å². The van der Waals surface area contributed by atoms with E-state index in [1.54, 1.807) is 0 Å². The minimum Gasteiger partial charge on any atom is -0.394 e. The second-order valence-corrected chi connectivity index (χ2v) is 33.0. The van der Waals surface area contributed by atoms with Gasteiger partial charge in [0.2, 0.25) is 47.3 Å². The number of aliphatic hydroxyl groups excluding tert-OH is 18. The maximum atomic E-state index is 13.6. The maximum absolute atomic E-state index is 13.6. The van der Waals surface area contributed by atoms with Gasteiger partial charge >= 0.3 is 0 Å². The first-order chi connectivity index (χ1) is 60.6. The molecular weight excluding hydrogens is 1760 g/mol. The number of hydrogen-bond donors (Lipinski definition) is 30. The van der Waals surface area contributed by atoms with Crippen molar-refractivity contribution in [1.29, 1.82) is 0 Å². The van der Waals surface area contributed by atoms with Crippen LogP contribution in [0.5, 0.6) is 0 Å². The highest BCUT2D eigenvalue weighted by molar-refractivity contribution is 7.80. The van der Waals surface area contributed by atoms with Gasteiger partial charge in [-0.05, 0) is 37.3 Å². The van der Waals surface area contributed by atoms with Gasteiger partial charge in [-0.2, -0.15) is 0 Å². The zero-order chi connectivity index (χ0) is 94.6. The van der Waals surface area contributed by atoms with Crippen LogP contribution < -0.4 is 63.8 Å². The molecule has 8 aliphatic heterocycles. The molecule has 30 N–H and O–H groups in total. The van der Waals surface area contributed by atoms with E-state index in [0.29, 0.717) is 38.5 Å². The lowest BCUT2D eigenvalue weighted by Gasteiger charge is -2.52. The molecule has 734 valence electrons. The van der Waals surface area contributed by atoms with Gasteiger partial charge in [0.25, 0.3) is 0 Å². The van der Waals surface area contributed by atoms with Crippen LogP contribution in [0.25, 0.3) is 0 Å². The number of unbranched alkanes of at least 4 members (excludes halogenated alkanes) is 5. The molecular formula is C74H126N12O40S2. The van der Waals surface area contributed by atoms with Crippen LogP contribution >= 0.6 is 24.4 Å². The lowest BCUT2D eigenvalue weighted by Crippen LogP contribution is -2.73. The summed E-state index contributed by atoms with van der Waals surface area (Å²) in [7, 11) is 0. The first-order valence-electron chi connectivity index (χ1n) is 41.8. The van der Waals surface area contributed by atoms with Crippen molar-refractivity contribution in [2.75, 3.05) is 65.9 Å². The molecule has 8 amide bonds. The van der Waals surface area contributed by atoms with E-state index in [2.05, 4.69) is 63.8 Å². The first kappa shape index (κ1) is 107. The molecule has 0 aliphatic carbocycles. The highest BCUT2D eigenvalue weighted by Gasteiger charge is 2.60. The predicted molar refractivity (Wildman–Crippen MR) is 431 cm³/mol. The van der Waals surface area contributed by atoms with Crippen LogP contribution in [-0.4, -0.2) is 460 Å². The summed E-state index contributed by atoms with van der Waals surface area (Å²) < 4.78 is 88.2. The van der Waals surface area contributed by atoms with Crippen LogP contribution in [0.3, 0.4) is 0 Å². The Bertz CT molecular complexity index is 3380. The number of amides is 8. The van der Waals surface area contributed by atoms with E-state index in [-0.39, 0.29) is 23.3 Å². The van der Waals surface area contributed by atoms with Crippen LogP contribution in [0, 0.1) is 0 Å². The van der Waals surface area contributed by atoms with E-state index in [4.69, 9.17) is 90.8 Å². The molecule has 0 unspecified atom stereocenters. The Labute approximate surface area is 744 Å². The molecule has 0 aromatic rings. The average Bonchev–Trinajstić information content (AvgIpc) is 0.760. The average molecular weight is 1890 g/mol. The Hall–Kier alpha value is -6.14. The van der Waals surface area contributed by atoms with Gasteiger partial charge in [-0.1, -0.05) is 25.7 Å². The Morgan fingerprint density at radius 1 is 0.250 bits per heavy atom. The summed E-state index contributed by atoms with van der Waals surface area (Å²) in [4.78, 5) is 104. The van der Waals surface area contributed by atoms with Gasteiger partial charge < -0.3 is 222 Å². The Kier molecular flexibility index (Phi) is 42.1. The number of rotatable bonds is 39. The van der Waals surface area contributed by atoms with E-state index in [1.807, 2.05) is 0 Å². The largest absolute Gasteiger partial charge is 0.394 e. The molecule has 0 radical (unpaired) electrons. The number of thiocarbonyl (C=S) groups is 2. The third kappa shape index (κ3) is 28.2. The molecule has 54 heteroatoms. The standard InChI is InChI=1S/C74H126N12O40S2/c1-25(93)77-41-55(107)49(101)33(17-87)117-67(41)113-23-39-61(123-69-43(79-27(3)95)57(109)51(103)35(19-89)119-69)63(125-71-45(81-29(5)97)59(111)53(105)37(21-91)121-71)47(83-31(7)99)65(115-39)85-73(127)75-15-13-11-9-10-12-14-16-76-74(128)86-66-48(84-32(8)100)64(126-72-46(82-30(6)98)60(112)54(106)38(22-92)122-72)62(124-70-44(80-28(4)96)58(110)52(104)36(20-90)120-70)40(116-66)24-114-68-42(78-26(2)94)56(108)50(102)34(18-88)118-68/h33-72,87-92,101-112H,9-24H2,1-8H3,(H,77,93)(H,78,94)(H,79,95)(H,80,96)(H,81,97)(H,82,98)(H,83,99)(H,84,100)(H2,75,85,127)(H2,76,86,128)/t33-,34-,35-,36-,37-,38-,39-,40-,41-,42-,43-,44-,45-,46-,47-,48-,49-,50-,51-,52-,53-,54-,55-,56-,57-,58-,59-,60-,61-,62-,63-,64-,65+,66+,67+,68+,69-,70-,71-,72-/m1/s1. The predicted octanol–water partition coefficient (Wildman–Crippen LogP) is -16.0. The maximum Gasteiger partial charge on any atom is 0.217 e. The molecule has 8 heterocycles. The Morgan fingerprint density at radius 2 is 0.445 bits per heavy atom. The van der Waals surface area contributed by atoms with Crippen molar-refractivity contribution in [3.63, 3.8) is 0 Å². The molecule has 128 heavy (non-hydrogen) atoms. The molecule has 8 fully saturated rings. The Balaban J connectivity index is 1.01. The summed E-state index contributed by atoms with van der Waals surface area (Å²) in [5.41, 5.74) is 0. The molecule has 0 spiro atoms. The summed E-state index contributed by atoms with van der Waals surface area (Å²) in [6.45, 7) is 1.70. The van der Waals surface area contributed by atoms with Gasteiger partial charge in [0.15, 0.2) is 60.4 Å². The minimum atomic E-state index is -1.95. The first-order valence-corrected chi connectivity index (χ1v) is 42.6. The van der Waals surface area contributed by atoms with Crippen LogP contribution in [-0.2, 0) is 105 Å². The van der Waals surface area contributed by atoms with Crippen LogP contribution in [0.1, 0.15) is 93.9 Å². The van der Waals surface area contributed by atoms with Gasteiger partial charge in [0.05, 0.1) is 52.9 Å². The molecule has 40 atom stereocenters. The van der Waals surface area contributed by atoms with Crippen molar-refractivity contribution in [2.45, 2.75) is 339 Å². The van der Waals surface area contributed by atoms with Crippen molar-refractivity contribution in [3.05, 3.63) is 0 Å². The summed E-state index contributed by atoms with van der Waals surface area (Å²) in [5, 5.41) is 229. The van der Waals surface area contributed by atoms with E-state index in [9.17, 15) is 130 Å². The van der Waals surface area contributed by atoms with Crippen molar-refractivity contribution >= 4 is 81.9 Å². The molecule has 0 aromatic heterocycles. The highest BCUT2D eigenvalue weighted by atomic mass is 32.1. The second-order valence-electron chi connectivity index (χ2n) is 32.2. The van der Waals surface area contributed by atoms with Crippen LogP contribution in [0.2, 0.25) is 0 Å². The lowest BCUT2D eigenvalue weighted by atomic mass is 9.92. The fourth-order valence-corrected chi connectivity index (χ4v) is 16.6. The minimum absolute atomic E-state index is 0.140. The molecule has 8 aliphatic rings. The Morgan fingerprint density at radius 3 is 0.664 bits per heavy atom. The van der Waals surface area contributed by atoms with Crippen LogP contribution in [0.15, 0.2) is 0 Å². The topological polar surface area (TPSA) is 774 Å². The van der Waals surface area contributed by atoms with Crippen LogP contribution in [0.4, 0.5) is 0 Å². The van der Waals surface area contributed by atoms with Gasteiger partial charge in [0, 0.05) is 68.5 Å². The third-order valence-electron chi connectivity index (χ3n) is 22.4. The van der Waals surface area contributed by atoms with E-state index >= 15 is 0 Å². The fraction of sp³-hybridized carbons (Fsp3) is 0.865. The summed E-state index contributed by atoms with van der Waals surface area (Å²) >= 11 is 11.7. The molecule has 0 bridgehead atoms. The van der Waals surface area contributed by atoms with Crippen molar-refractivity contribution < 1.29 is 197 Å². The van der Waals surface area contributed by atoms with Gasteiger partial charge in [0.1, 0.15) is 195 Å². The number of ether oxygens (including phenoxy) is 14. The van der Waals surface area contributed by atoms with Gasteiger partial charge in [-0.3, -0.25) is 38.4 Å². The highest BCUT2D eigenvalue weighted by Crippen LogP contribution is 2.38. The number of carbonyl (C=O) groups excluding carboxylic acids is 8. The normalized spacial score (nSPS) is 40.2. The fourth-order valence-electron chi connectivity index (χ4n) is 16.1. The number of aliphatic hydroxyl groups is 18. The molecule has 0 aromatic carbocycles. The number of hydrogen-bond acceptors (Lipinski definition) is 42. The van der Waals surface area contributed by atoms with Crippen molar-refractivity contribution in [1.82, 2.24) is 63.8 Å². The smallest absolute Gasteiger partial charge is 0.217 e. The summed E-state index contributed by atoms with van der Waals surface area (Å²) in [6, 6.07) is -13.2. The number of carbonyl (C=O) groups is 8. The van der Waals surface area contributed by atoms with Gasteiger partial charge in [-0.25, -0.2) is 0 Å². The zero-order valence-electron chi connectivity index (χ0n) is 71.3. The third-order valence-corrected chi connectivity index (χ3v) is 22.9. The molecule has 8 rings (SSSR count). The molecule has 8 saturated heterocycles. The molecule has 52 nitrogen and oxygen atoms in total. The quantitative estimate of drug-likeness (QED) is 0.0201. The summed E-state index contributed by atoms with van der Waals surface area (Å²) in [5.74, 6) is -6.24. The SMILES string of the molecule is CC(=O)N[C@@H]1[C@@H](O[C@H]2O[C@H](CO)[C@@H](O)[C@H](O)[C@H]2NC(C)=O)[C@H](O[C@H]2O[C@H](CO)[C@@H](O)[C@H](O)[C@H]2NC(C)=O)[C@@H](CO[C@H]2O[C@H](CO)[C@@H](O)[C@H](O)[C@H]2NC(C)=O)O[C@@H]1NC(=S)NCCCCCCCCNC(=S)N[C@H]1O[C@H](CO[C@H]2O[C@H](CO)[C@@H](O)[C@H](O)[C@H]2NC(C)=O)[C@@H](O[C@H]2O[C@H](CO)[C@@H](O)[C@H](O)[C@H]2NC(C)=O)[C@H](O[C@H]2O[C@H](CO)[C@@H](O)[C@H](O)[C@H]2NC(C)=O)[C@H]1NC(C)=O. The van der Waals surface area contributed by atoms with Gasteiger partial charge in [-0.15, -0.1) is 0 Å². The zero-order valence-corrected chi connectivity index (χ0v) is 72.9. The van der Waals surface area contributed by atoms with E-state index in [0.717, 1.165) is 55.4 Å². The summed E-state index contributed by atoms with van der Waals surface area (Å²) in [6.07, 6.45) is -54.1. The number of nitrogens with one attached hydrogen (secondary N) is 12. The lowest BCUT2D eigenvalue weighted by molar-refractivity contribution is -0.348. The van der Waals surface area contributed by atoms with E-state index < -0.39 is 345 Å². The van der Waals surface area contributed by atoms with Crippen molar-refractivity contribution in [3.8, 4) is 0 Å². The monoisotopic (exact) mass is 1890 g/mol. The van der Waals surface area contributed by atoms with E-state index in [1.165, 1.54) is 0 Å². The second kappa shape index (κ2) is 50.3.